The molecule has 3 rings (SSSR count). The molecule has 2 aromatic rings. The van der Waals surface area contributed by atoms with Gasteiger partial charge in [0.15, 0.2) is 5.16 Å². The molecule has 1 aromatic carbocycles. The average Bonchev–Trinajstić information content (AvgIpc) is 3.34. The average molecular weight is 363 g/mol. The Bertz CT molecular complexity index is 757. The minimum Gasteiger partial charge on any atom is -0.324 e. The molecule has 0 saturated heterocycles. The molecule has 1 amide bonds. The van der Waals surface area contributed by atoms with Crippen LogP contribution in [0.4, 0.5) is 5.69 Å². The van der Waals surface area contributed by atoms with Crippen molar-refractivity contribution >= 4 is 35.0 Å². The molecule has 1 heterocycles. The molecule has 1 aromatic heterocycles. The van der Waals surface area contributed by atoms with Gasteiger partial charge in [0.05, 0.1) is 16.0 Å². The molecule has 0 bridgehead atoms. The number of anilines is 1. The van der Waals surface area contributed by atoms with E-state index in [1.165, 1.54) is 11.8 Å². The van der Waals surface area contributed by atoms with E-state index in [-0.39, 0.29) is 11.2 Å². The first-order valence-corrected chi connectivity index (χ1v) is 9.12. The molecule has 1 atom stereocenters. The van der Waals surface area contributed by atoms with Gasteiger partial charge in [0.1, 0.15) is 5.82 Å². The van der Waals surface area contributed by atoms with E-state index in [1.54, 1.807) is 12.1 Å². The molecule has 5 nitrogen and oxygen atoms in total. The summed E-state index contributed by atoms with van der Waals surface area (Å²) in [4.78, 5) is 12.4. The highest BCUT2D eigenvalue weighted by atomic mass is 35.5. The van der Waals surface area contributed by atoms with E-state index in [9.17, 15) is 4.79 Å². The van der Waals surface area contributed by atoms with Crippen molar-refractivity contribution in [2.75, 3.05) is 5.32 Å². The van der Waals surface area contributed by atoms with E-state index in [1.807, 2.05) is 25.1 Å². The number of nitrogens with one attached hydrogen (secondary N) is 1. The molecule has 126 valence electrons. The van der Waals surface area contributed by atoms with Gasteiger partial charge in [0.2, 0.25) is 5.91 Å². The standard InChI is InChI=1S/C17H19ClN4OS/c1-3-10-22-15(12-8-9-12)20-21-17(22)24-11(2)16(23)19-14-7-5-4-6-13(14)18/h3-7,11-12H,1,8-10H2,2H3,(H,19,23). The second-order valence-corrected chi connectivity index (χ2v) is 7.46. The highest BCUT2D eigenvalue weighted by Crippen LogP contribution is 2.40. The van der Waals surface area contributed by atoms with Crippen LogP contribution >= 0.6 is 23.4 Å². The van der Waals surface area contributed by atoms with Crippen molar-refractivity contribution in [3.63, 3.8) is 0 Å². The minimum absolute atomic E-state index is 0.116. The lowest BCUT2D eigenvalue weighted by molar-refractivity contribution is -0.115. The smallest absolute Gasteiger partial charge is 0.237 e. The van der Waals surface area contributed by atoms with E-state index in [0.717, 1.165) is 23.8 Å². The molecular formula is C17H19ClN4OS. The summed E-state index contributed by atoms with van der Waals surface area (Å²) in [5, 5.41) is 12.4. The summed E-state index contributed by atoms with van der Waals surface area (Å²) in [7, 11) is 0. The number of hydrogen-bond acceptors (Lipinski definition) is 4. The Hall–Kier alpha value is -1.79. The van der Waals surface area contributed by atoms with Crippen LogP contribution in [0.3, 0.4) is 0 Å². The van der Waals surface area contributed by atoms with Crippen LogP contribution in [0.2, 0.25) is 5.02 Å². The third-order valence-electron chi connectivity index (χ3n) is 3.78. The van der Waals surface area contributed by atoms with E-state index >= 15 is 0 Å². The number of aromatic nitrogens is 3. The van der Waals surface area contributed by atoms with Gasteiger partial charge in [-0.2, -0.15) is 0 Å². The molecule has 24 heavy (non-hydrogen) atoms. The van der Waals surface area contributed by atoms with Gasteiger partial charge in [-0.1, -0.05) is 41.6 Å². The van der Waals surface area contributed by atoms with Gasteiger partial charge in [-0.25, -0.2) is 0 Å². The quantitative estimate of drug-likeness (QED) is 0.594. The summed E-state index contributed by atoms with van der Waals surface area (Å²) in [6, 6.07) is 7.19. The van der Waals surface area contributed by atoms with Gasteiger partial charge in [0.25, 0.3) is 0 Å². The molecule has 1 N–H and O–H groups in total. The summed E-state index contributed by atoms with van der Waals surface area (Å²) < 4.78 is 2.05. The Balaban J connectivity index is 1.70. The molecule has 0 spiro atoms. The van der Waals surface area contributed by atoms with E-state index < -0.39 is 0 Å². The summed E-state index contributed by atoms with van der Waals surface area (Å²) in [5.74, 6) is 1.38. The zero-order valence-electron chi connectivity index (χ0n) is 13.4. The number of benzene rings is 1. The fourth-order valence-corrected chi connectivity index (χ4v) is 3.39. The third-order valence-corrected chi connectivity index (χ3v) is 5.19. The fraction of sp³-hybridized carbons (Fsp3) is 0.353. The molecule has 1 fully saturated rings. The summed E-state index contributed by atoms with van der Waals surface area (Å²) >= 11 is 7.48. The zero-order chi connectivity index (χ0) is 17.1. The summed E-state index contributed by atoms with van der Waals surface area (Å²) in [6.07, 6.45) is 4.14. The Kier molecular flexibility index (Phi) is 5.26. The maximum Gasteiger partial charge on any atom is 0.237 e. The van der Waals surface area contributed by atoms with Crippen LogP contribution in [0.15, 0.2) is 42.1 Å². The maximum absolute atomic E-state index is 12.4. The van der Waals surface area contributed by atoms with Crippen molar-refractivity contribution < 1.29 is 4.79 Å². The van der Waals surface area contributed by atoms with Crippen molar-refractivity contribution in [2.45, 2.75) is 42.6 Å². The second kappa shape index (κ2) is 7.40. The van der Waals surface area contributed by atoms with E-state index in [0.29, 0.717) is 23.2 Å². The van der Waals surface area contributed by atoms with Crippen LogP contribution in [-0.2, 0) is 11.3 Å². The number of thioether (sulfide) groups is 1. The molecule has 0 radical (unpaired) electrons. The third kappa shape index (κ3) is 3.82. The highest BCUT2D eigenvalue weighted by molar-refractivity contribution is 8.00. The van der Waals surface area contributed by atoms with Crippen molar-refractivity contribution in [1.29, 1.82) is 0 Å². The van der Waals surface area contributed by atoms with E-state index in [2.05, 4.69) is 26.7 Å². The monoisotopic (exact) mass is 362 g/mol. The Morgan fingerprint density at radius 3 is 2.92 bits per heavy atom. The van der Waals surface area contributed by atoms with Crippen molar-refractivity contribution in [2.24, 2.45) is 0 Å². The Morgan fingerprint density at radius 2 is 2.25 bits per heavy atom. The lowest BCUT2D eigenvalue weighted by Crippen LogP contribution is -2.23. The molecular weight excluding hydrogens is 344 g/mol. The minimum atomic E-state index is -0.318. The van der Waals surface area contributed by atoms with Crippen LogP contribution in [0.1, 0.15) is 31.5 Å². The van der Waals surface area contributed by atoms with Gasteiger partial charge in [-0.3, -0.25) is 4.79 Å². The van der Waals surface area contributed by atoms with Crippen LogP contribution in [0.5, 0.6) is 0 Å². The Labute approximate surface area is 150 Å². The Morgan fingerprint density at radius 1 is 1.50 bits per heavy atom. The van der Waals surface area contributed by atoms with Crippen molar-refractivity contribution in [1.82, 2.24) is 14.8 Å². The van der Waals surface area contributed by atoms with Gasteiger partial charge in [-0.05, 0) is 31.9 Å². The zero-order valence-corrected chi connectivity index (χ0v) is 15.0. The second-order valence-electron chi connectivity index (χ2n) is 5.74. The normalized spacial score (nSPS) is 15.1. The predicted octanol–water partition coefficient (Wildman–Crippen LogP) is 4.11. The molecule has 1 aliphatic rings. The van der Waals surface area contributed by atoms with Gasteiger partial charge < -0.3 is 9.88 Å². The van der Waals surface area contributed by atoms with Crippen molar-refractivity contribution in [3.05, 3.63) is 47.8 Å². The lowest BCUT2D eigenvalue weighted by Gasteiger charge is -2.13. The topological polar surface area (TPSA) is 59.8 Å². The SMILES string of the molecule is C=CCn1c(SC(C)C(=O)Nc2ccccc2Cl)nnc1C1CC1. The molecule has 7 heteroatoms. The number of halogens is 1. The molecule has 1 unspecified atom stereocenters. The van der Waals surface area contributed by atoms with Crippen LogP contribution in [0, 0.1) is 0 Å². The first-order chi connectivity index (χ1) is 11.6. The number of amides is 1. The number of carbonyl (C=O) groups is 1. The molecule has 1 saturated carbocycles. The number of nitrogens with zero attached hydrogens (tertiary/aromatic N) is 3. The molecule has 0 aliphatic heterocycles. The number of rotatable bonds is 7. The number of allylic oxidation sites excluding steroid dienone is 1. The number of para-hydroxylation sites is 1. The van der Waals surface area contributed by atoms with Gasteiger partial charge >= 0.3 is 0 Å². The van der Waals surface area contributed by atoms with Gasteiger partial charge in [0, 0.05) is 12.5 Å². The van der Waals surface area contributed by atoms with E-state index in [4.69, 9.17) is 11.6 Å². The fourth-order valence-electron chi connectivity index (χ4n) is 2.34. The summed E-state index contributed by atoms with van der Waals surface area (Å²) in [5.41, 5.74) is 0.614. The largest absolute Gasteiger partial charge is 0.324 e. The van der Waals surface area contributed by atoms with Crippen LogP contribution < -0.4 is 5.32 Å². The van der Waals surface area contributed by atoms with Gasteiger partial charge in [-0.15, -0.1) is 16.8 Å². The highest BCUT2D eigenvalue weighted by Gasteiger charge is 2.31. The first kappa shape index (κ1) is 17.0. The van der Waals surface area contributed by atoms with Crippen molar-refractivity contribution in [3.8, 4) is 0 Å². The summed E-state index contributed by atoms with van der Waals surface area (Å²) in [6.45, 7) is 6.30. The number of hydrogen-bond donors (Lipinski definition) is 1. The van der Waals surface area contributed by atoms with Crippen LogP contribution in [-0.4, -0.2) is 25.9 Å². The first-order valence-electron chi connectivity index (χ1n) is 7.86. The predicted molar refractivity (Wildman–Crippen MR) is 97.6 cm³/mol. The number of carbonyl (C=O) groups excluding carboxylic acids is 1. The molecule has 1 aliphatic carbocycles. The lowest BCUT2D eigenvalue weighted by atomic mass is 10.3. The maximum atomic E-state index is 12.4. The van der Waals surface area contributed by atoms with Crippen LogP contribution in [0.25, 0.3) is 0 Å².